The molecule has 1 heterocycles. The first-order valence-electron chi connectivity index (χ1n) is 6.24. The van der Waals surface area contributed by atoms with E-state index in [1.165, 1.54) is 19.3 Å². The number of carbonyl (C=O) groups excluding carboxylic acids is 1. The number of hydrogen-bond acceptors (Lipinski definition) is 2. The highest BCUT2D eigenvalue weighted by atomic mass is 35.5. The molecule has 0 spiro atoms. The topological polar surface area (TPSA) is 23.6 Å². The van der Waals surface area contributed by atoms with Crippen molar-refractivity contribution in [3.05, 3.63) is 0 Å². The molecule has 0 unspecified atom stereocenters. The zero-order valence-electron chi connectivity index (χ0n) is 9.99. The molecule has 16 heavy (non-hydrogen) atoms. The van der Waals surface area contributed by atoms with E-state index in [0.717, 1.165) is 32.1 Å². The molecule has 0 aromatic heterocycles. The van der Waals surface area contributed by atoms with Gasteiger partial charge in [0.05, 0.1) is 0 Å². The maximum atomic E-state index is 11.5. The van der Waals surface area contributed by atoms with Gasteiger partial charge < -0.3 is 9.80 Å². The number of piperidine rings is 1. The molecule has 1 aliphatic heterocycles. The number of likely N-dealkylation sites (tertiary alicyclic amines) is 1. The van der Waals surface area contributed by atoms with Crippen LogP contribution in [0.2, 0.25) is 0 Å². The fraction of sp³-hybridized carbons (Fsp3) is 0.917. The molecule has 0 aromatic carbocycles. The van der Waals surface area contributed by atoms with Gasteiger partial charge in [-0.2, -0.15) is 0 Å². The minimum absolute atomic E-state index is 0.0976. The molecular weight excluding hydrogens is 224 g/mol. The van der Waals surface area contributed by atoms with Crippen molar-refractivity contribution in [1.82, 2.24) is 9.80 Å². The van der Waals surface area contributed by atoms with E-state index in [2.05, 4.69) is 11.9 Å². The Morgan fingerprint density at radius 2 is 2.19 bits per heavy atom. The van der Waals surface area contributed by atoms with Gasteiger partial charge in [0.25, 0.3) is 0 Å². The number of carbonyl (C=O) groups is 1. The normalized spacial score (nSPS) is 26.2. The monoisotopic (exact) mass is 244 g/mol. The van der Waals surface area contributed by atoms with Crippen LogP contribution in [-0.2, 0) is 4.79 Å². The Bertz CT molecular complexity index is 255. The Kier molecular flexibility index (Phi) is 4.09. The largest absolute Gasteiger partial charge is 0.341 e. The van der Waals surface area contributed by atoms with Crippen LogP contribution in [-0.4, -0.2) is 54.3 Å². The molecule has 1 amide bonds. The zero-order valence-corrected chi connectivity index (χ0v) is 10.7. The lowest BCUT2D eigenvalue weighted by Gasteiger charge is -2.34. The van der Waals surface area contributed by atoms with Gasteiger partial charge in [-0.15, -0.1) is 11.6 Å². The molecule has 1 atom stereocenters. The average molecular weight is 245 g/mol. The van der Waals surface area contributed by atoms with Gasteiger partial charge in [-0.1, -0.05) is 0 Å². The smallest absolute Gasteiger partial charge is 0.237 e. The predicted molar refractivity (Wildman–Crippen MR) is 65.7 cm³/mol. The summed E-state index contributed by atoms with van der Waals surface area (Å²) in [6.07, 6.45) is 5.09. The van der Waals surface area contributed by atoms with Crippen molar-refractivity contribution in [2.24, 2.45) is 5.92 Å². The number of hydrogen-bond donors (Lipinski definition) is 0. The van der Waals surface area contributed by atoms with Gasteiger partial charge in [-0.3, -0.25) is 4.79 Å². The van der Waals surface area contributed by atoms with Crippen LogP contribution in [0.4, 0.5) is 0 Å². The first kappa shape index (κ1) is 12.2. The van der Waals surface area contributed by atoms with E-state index in [1.54, 1.807) is 0 Å². The number of rotatable bonds is 4. The van der Waals surface area contributed by atoms with Crippen molar-refractivity contribution in [2.75, 3.05) is 32.6 Å². The van der Waals surface area contributed by atoms with Crippen LogP contribution in [0.5, 0.6) is 0 Å². The number of nitrogens with zero attached hydrogens (tertiary/aromatic N) is 2. The summed E-state index contributed by atoms with van der Waals surface area (Å²) in [5.74, 6) is 0.873. The zero-order chi connectivity index (χ0) is 11.5. The number of halogens is 1. The van der Waals surface area contributed by atoms with E-state index in [9.17, 15) is 4.79 Å². The first-order valence-corrected chi connectivity index (χ1v) is 6.78. The molecule has 2 fully saturated rings. The van der Waals surface area contributed by atoms with Gasteiger partial charge in [0.2, 0.25) is 5.91 Å². The second-order valence-electron chi connectivity index (χ2n) is 5.15. The predicted octanol–water partition coefficient (Wildman–Crippen LogP) is 1.56. The van der Waals surface area contributed by atoms with Crippen LogP contribution in [0.1, 0.15) is 25.7 Å². The van der Waals surface area contributed by atoms with E-state index >= 15 is 0 Å². The van der Waals surface area contributed by atoms with Crippen molar-refractivity contribution in [1.29, 1.82) is 0 Å². The Labute approximate surface area is 103 Å². The first-order chi connectivity index (χ1) is 7.70. The van der Waals surface area contributed by atoms with Crippen molar-refractivity contribution < 1.29 is 4.79 Å². The summed E-state index contributed by atoms with van der Waals surface area (Å²) in [7, 11) is 2.21. The van der Waals surface area contributed by atoms with Gasteiger partial charge in [0.1, 0.15) is 5.88 Å². The second kappa shape index (κ2) is 5.37. The molecule has 4 heteroatoms. The molecule has 0 bridgehead atoms. The summed E-state index contributed by atoms with van der Waals surface area (Å²) in [5, 5.41) is 0. The molecular formula is C12H21ClN2O. The van der Waals surface area contributed by atoms with Crippen LogP contribution in [0.3, 0.4) is 0 Å². The van der Waals surface area contributed by atoms with Crippen LogP contribution in [0.25, 0.3) is 0 Å². The van der Waals surface area contributed by atoms with Gasteiger partial charge in [-0.25, -0.2) is 0 Å². The van der Waals surface area contributed by atoms with Gasteiger partial charge in [0, 0.05) is 25.7 Å². The summed E-state index contributed by atoms with van der Waals surface area (Å²) in [6, 6.07) is 0.819. The van der Waals surface area contributed by atoms with E-state index in [1.807, 2.05) is 4.90 Å². The minimum Gasteiger partial charge on any atom is -0.341 e. The highest BCUT2D eigenvalue weighted by molar-refractivity contribution is 6.27. The third kappa shape index (κ3) is 3.11. The van der Waals surface area contributed by atoms with Gasteiger partial charge >= 0.3 is 0 Å². The summed E-state index contributed by atoms with van der Waals surface area (Å²) < 4.78 is 0. The molecule has 0 radical (unpaired) electrons. The summed E-state index contributed by atoms with van der Waals surface area (Å²) >= 11 is 5.60. The molecule has 1 aliphatic carbocycles. The van der Waals surface area contributed by atoms with Crippen LogP contribution in [0.15, 0.2) is 0 Å². The molecule has 1 saturated heterocycles. The van der Waals surface area contributed by atoms with E-state index in [4.69, 9.17) is 11.6 Å². The molecule has 3 nitrogen and oxygen atoms in total. The quantitative estimate of drug-likeness (QED) is 0.701. The van der Waals surface area contributed by atoms with Gasteiger partial charge in [-0.05, 0) is 38.6 Å². The maximum Gasteiger partial charge on any atom is 0.237 e. The fourth-order valence-electron chi connectivity index (χ4n) is 2.60. The summed E-state index contributed by atoms with van der Waals surface area (Å²) in [5.41, 5.74) is 0. The van der Waals surface area contributed by atoms with Crippen molar-refractivity contribution >= 4 is 17.5 Å². The Morgan fingerprint density at radius 3 is 2.81 bits per heavy atom. The summed E-state index contributed by atoms with van der Waals surface area (Å²) in [4.78, 5) is 15.9. The second-order valence-corrected chi connectivity index (χ2v) is 5.42. The van der Waals surface area contributed by atoms with Crippen LogP contribution < -0.4 is 0 Å². The van der Waals surface area contributed by atoms with E-state index in [-0.39, 0.29) is 11.8 Å². The highest BCUT2D eigenvalue weighted by Crippen LogP contribution is 2.27. The van der Waals surface area contributed by atoms with Crippen molar-refractivity contribution in [2.45, 2.75) is 31.7 Å². The molecule has 2 rings (SSSR count). The molecule has 92 valence electrons. The third-order valence-corrected chi connectivity index (χ3v) is 3.93. The van der Waals surface area contributed by atoms with Crippen molar-refractivity contribution in [3.63, 3.8) is 0 Å². The highest BCUT2D eigenvalue weighted by Gasteiger charge is 2.30. The summed E-state index contributed by atoms with van der Waals surface area (Å²) in [6.45, 7) is 2.94. The minimum atomic E-state index is 0.0976. The average Bonchev–Trinajstić information content (AvgIpc) is 3.12. The standard InChI is InChI=1S/C12H21ClN2O/c1-14(11-4-5-11)8-10-3-2-6-15(9-10)12(16)7-13/h10-11H,2-9H2,1H3/t10-/m1/s1. The Balaban J connectivity index is 1.79. The van der Waals surface area contributed by atoms with Gasteiger partial charge in [0.15, 0.2) is 0 Å². The van der Waals surface area contributed by atoms with Crippen LogP contribution >= 0.6 is 11.6 Å². The lowest BCUT2D eigenvalue weighted by Crippen LogP contribution is -2.44. The third-order valence-electron chi connectivity index (χ3n) is 3.70. The van der Waals surface area contributed by atoms with Crippen molar-refractivity contribution in [3.8, 4) is 0 Å². The van der Waals surface area contributed by atoms with E-state index in [0.29, 0.717) is 5.92 Å². The van der Waals surface area contributed by atoms with Crippen LogP contribution in [0, 0.1) is 5.92 Å². The molecule has 2 aliphatic rings. The lowest BCUT2D eigenvalue weighted by atomic mass is 9.97. The maximum absolute atomic E-state index is 11.5. The molecule has 0 N–H and O–H groups in total. The Morgan fingerprint density at radius 1 is 1.44 bits per heavy atom. The molecule has 1 saturated carbocycles. The number of amides is 1. The fourth-order valence-corrected chi connectivity index (χ4v) is 2.77. The SMILES string of the molecule is CN(C[C@H]1CCCN(C(=O)CCl)C1)C1CC1. The van der Waals surface area contributed by atoms with E-state index < -0.39 is 0 Å². The lowest BCUT2D eigenvalue weighted by molar-refractivity contribution is -0.130. The molecule has 0 aromatic rings. The number of alkyl halides is 1. The Hall–Kier alpha value is -0.280.